The van der Waals surface area contributed by atoms with Crippen LogP contribution in [-0.4, -0.2) is 19.1 Å². The smallest absolute Gasteiger partial charge is 0.258 e. The standard InChI is InChI=1S/C24H25NO3/c1-2-27-22-15-9-10-16-23(22)28-18-24(26)25-21(20-13-7-4-8-14-20)17-19-11-5-3-6-12-19/h3-16,21H,2,17-18H2,1H3,(H,25,26). The van der Waals surface area contributed by atoms with Gasteiger partial charge in [0.2, 0.25) is 0 Å². The molecule has 3 rings (SSSR count). The highest BCUT2D eigenvalue weighted by atomic mass is 16.5. The molecular formula is C24H25NO3. The number of benzene rings is 3. The molecule has 0 radical (unpaired) electrons. The summed E-state index contributed by atoms with van der Waals surface area (Å²) >= 11 is 0. The average Bonchev–Trinajstić information content (AvgIpc) is 2.74. The minimum Gasteiger partial charge on any atom is -0.490 e. The number of rotatable bonds is 9. The summed E-state index contributed by atoms with van der Waals surface area (Å²) < 4.78 is 11.2. The van der Waals surface area contributed by atoms with Gasteiger partial charge in [0.1, 0.15) is 0 Å². The van der Waals surface area contributed by atoms with Crippen LogP contribution in [0.1, 0.15) is 24.1 Å². The van der Waals surface area contributed by atoms with Crippen LogP contribution in [0, 0.1) is 0 Å². The van der Waals surface area contributed by atoms with Crippen LogP contribution in [0.3, 0.4) is 0 Å². The Bertz CT molecular complexity index is 865. The fourth-order valence-corrected chi connectivity index (χ4v) is 3.01. The Hall–Kier alpha value is -3.27. The molecule has 3 aromatic rings. The van der Waals surface area contributed by atoms with Crippen LogP contribution in [0.4, 0.5) is 0 Å². The molecule has 4 nitrogen and oxygen atoms in total. The highest BCUT2D eigenvalue weighted by Gasteiger charge is 2.16. The van der Waals surface area contributed by atoms with Crippen molar-refractivity contribution in [3.8, 4) is 11.5 Å². The fraction of sp³-hybridized carbons (Fsp3) is 0.208. The summed E-state index contributed by atoms with van der Waals surface area (Å²) in [5.74, 6) is 1.04. The van der Waals surface area contributed by atoms with Crippen molar-refractivity contribution in [2.24, 2.45) is 0 Å². The van der Waals surface area contributed by atoms with Crippen LogP contribution in [0.5, 0.6) is 11.5 Å². The Labute approximate surface area is 166 Å². The predicted octanol–water partition coefficient (Wildman–Crippen LogP) is 4.56. The van der Waals surface area contributed by atoms with Crippen LogP contribution in [-0.2, 0) is 11.2 Å². The number of carbonyl (C=O) groups is 1. The van der Waals surface area contributed by atoms with Gasteiger partial charge in [-0.05, 0) is 36.6 Å². The second kappa shape index (κ2) is 10.2. The van der Waals surface area contributed by atoms with E-state index in [1.807, 2.05) is 73.7 Å². The first-order valence-electron chi connectivity index (χ1n) is 9.49. The molecule has 1 unspecified atom stereocenters. The summed E-state index contributed by atoms with van der Waals surface area (Å²) in [7, 11) is 0. The summed E-state index contributed by atoms with van der Waals surface area (Å²) in [6.45, 7) is 2.39. The minimum atomic E-state index is -0.170. The SMILES string of the molecule is CCOc1ccccc1OCC(=O)NC(Cc1ccccc1)c1ccccc1. The number of amides is 1. The van der Waals surface area contributed by atoms with Gasteiger partial charge in [0.05, 0.1) is 12.6 Å². The molecule has 0 saturated heterocycles. The van der Waals surface area contributed by atoms with E-state index >= 15 is 0 Å². The van der Waals surface area contributed by atoms with E-state index < -0.39 is 0 Å². The predicted molar refractivity (Wildman–Crippen MR) is 111 cm³/mol. The molecule has 4 heteroatoms. The number of carbonyl (C=O) groups excluding carboxylic acids is 1. The lowest BCUT2D eigenvalue weighted by atomic mass is 9.99. The lowest BCUT2D eigenvalue weighted by molar-refractivity contribution is -0.123. The maximum atomic E-state index is 12.6. The van der Waals surface area contributed by atoms with Crippen molar-refractivity contribution >= 4 is 5.91 Å². The topological polar surface area (TPSA) is 47.6 Å². The Kier molecular flexibility index (Phi) is 7.08. The van der Waals surface area contributed by atoms with E-state index in [-0.39, 0.29) is 18.6 Å². The maximum absolute atomic E-state index is 12.6. The van der Waals surface area contributed by atoms with E-state index in [0.717, 1.165) is 5.56 Å². The molecule has 0 aromatic heterocycles. The Morgan fingerprint density at radius 1 is 0.821 bits per heavy atom. The molecule has 0 bridgehead atoms. The summed E-state index contributed by atoms with van der Waals surface area (Å²) in [5.41, 5.74) is 2.23. The zero-order valence-corrected chi connectivity index (χ0v) is 16.0. The van der Waals surface area contributed by atoms with Crippen LogP contribution in [0.15, 0.2) is 84.9 Å². The van der Waals surface area contributed by atoms with Gasteiger partial charge in [-0.1, -0.05) is 72.8 Å². The van der Waals surface area contributed by atoms with E-state index in [1.165, 1.54) is 5.56 Å². The van der Waals surface area contributed by atoms with Crippen molar-refractivity contribution < 1.29 is 14.3 Å². The van der Waals surface area contributed by atoms with Gasteiger partial charge in [0.25, 0.3) is 5.91 Å². The lowest BCUT2D eigenvalue weighted by Gasteiger charge is -2.20. The average molecular weight is 375 g/mol. The zero-order valence-electron chi connectivity index (χ0n) is 16.0. The third-order valence-electron chi connectivity index (χ3n) is 4.33. The van der Waals surface area contributed by atoms with Gasteiger partial charge < -0.3 is 14.8 Å². The van der Waals surface area contributed by atoms with Gasteiger partial charge in [-0.2, -0.15) is 0 Å². The Balaban J connectivity index is 1.66. The third kappa shape index (κ3) is 5.61. The number of hydrogen-bond acceptors (Lipinski definition) is 3. The molecule has 0 heterocycles. The normalized spacial score (nSPS) is 11.5. The zero-order chi connectivity index (χ0) is 19.6. The summed E-state index contributed by atoms with van der Waals surface area (Å²) in [6, 6.07) is 27.4. The van der Waals surface area contributed by atoms with Crippen molar-refractivity contribution in [2.45, 2.75) is 19.4 Å². The van der Waals surface area contributed by atoms with E-state index in [4.69, 9.17) is 9.47 Å². The molecule has 0 fully saturated rings. The molecule has 3 aromatic carbocycles. The maximum Gasteiger partial charge on any atom is 0.258 e. The Morgan fingerprint density at radius 2 is 1.39 bits per heavy atom. The summed E-state index contributed by atoms with van der Waals surface area (Å²) in [6.07, 6.45) is 0.714. The highest BCUT2D eigenvalue weighted by Crippen LogP contribution is 2.26. The highest BCUT2D eigenvalue weighted by molar-refractivity contribution is 5.78. The first-order chi connectivity index (χ1) is 13.8. The first-order valence-corrected chi connectivity index (χ1v) is 9.49. The fourth-order valence-electron chi connectivity index (χ4n) is 3.01. The van der Waals surface area contributed by atoms with Gasteiger partial charge >= 0.3 is 0 Å². The molecule has 0 aliphatic carbocycles. The van der Waals surface area contributed by atoms with E-state index in [0.29, 0.717) is 24.5 Å². The molecular weight excluding hydrogens is 350 g/mol. The number of hydrogen-bond donors (Lipinski definition) is 1. The van der Waals surface area contributed by atoms with Crippen molar-refractivity contribution in [1.82, 2.24) is 5.32 Å². The summed E-state index contributed by atoms with van der Waals surface area (Å²) in [5, 5.41) is 3.10. The van der Waals surface area contributed by atoms with Gasteiger partial charge in [-0.3, -0.25) is 4.79 Å². The lowest BCUT2D eigenvalue weighted by Crippen LogP contribution is -2.33. The van der Waals surface area contributed by atoms with Crippen molar-refractivity contribution in [1.29, 1.82) is 0 Å². The molecule has 144 valence electrons. The van der Waals surface area contributed by atoms with E-state index in [1.54, 1.807) is 6.07 Å². The van der Waals surface area contributed by atoms with Crippen LogP contribution < -0.4 is 14.8 Å². The largest absolute Gasteiger partial charge is 0.490 e. The number of para-hydroxylation sites is 2. The van der Waals surface area contributed by atoms with Crippen LogP contribution in [0.25, 0.3) is 0 Å². The molecule has 0 aliphatic heterocycles. The molecule has 0 aliphatic rings. The molecule has 1 N–H and O–H groups in total. The number of ether oxygens (including phenoxy) is 2. The minimum absolute atomic E-state index is 0.0673. The van der Waals surface area contributed by atoms with Crippen LogP contribution >= 0.6 is 0 Å². The monoisotopic (exact) mass is 375 g/mol. The van der Waals surface area contributed by atoms with Crippen molar-refractivity contribution in [3.05, 3.63) is 96.1 Å². The molecule has 0 saturated carbocycles. The van der Waals surface area contributed by atoms with Gasteiger partial charge in [-0.25, -0.2) is 0 Å². The van der Waals surface area contributed by atoms with Gasteiger partial charge in [-0.15, -0.1) is 0 Å². The van der Waals surface area contributed by atoms with E-state index in [9.17, 15) is 4.79 Å². The van der Waals surface area contributed by atoms with Crippen molar-refractivity contribution in [2.75, 3.05) is 13.2 Å². The third-order valence-corrected chi connectivity index (χ3v) is 4.33. The second-order valence-electron chi connectivity index (χ2n) is 6.39. The quantitative estimate of drug-likeness (QED) is 0.596. The Morgan fingerprint density at radius 3 is 2.04 bits per heavy atom. The van der Waals surface area contributed by atoms with E-state index in [2.05, 4.69) is 17.4 Å². The first kappa shape index (κ1) is 19.5. The molecule has 1 amide bonds. The molecule has 28 heavy (non-hydrogen) atoms. The van der Waals surface area contributed by atoms with Gasteiger partial charge in [0, 0.05) is 0 Å². The van der Waals surface area contributed by atoms with Crippen molar-refractivity contribution in [3.63, 3.8) is 0 Å². The van der Waals surface area contributed by atoms with Gasteiger partial charge in [0.15, 0.2) is 18.1 Å². The van der Waals surface area contributed by atoms with Crippen LogP contribution in [0.2, 0.25) is 0 Å². The summed E-state index contributed by atoms with van der Waals surface area (Å²) in [4.78, 5) is 12.6. The number of nitrogens with one attached hydrogen (secondary N) is 1. The molecule has 0 spiro atoms. The second-order valence-corrected chi connectivity index (χ2v) is 6.39. The molecule has 1 atom stereocenters.